The maximum Gasteiger partial charge on any atom is 0.0743 e. The summed E-state index contributed by atoms with van der Waals surface area (Å²) < 4.78 is 3.09. The third kappa shape index (κ3) is 3.07. The van der Waals surface area contributed by atoms with Crippen molar-refractivity contribution in [2.45, 2.75) is 40.3 Å². The first-order chi connectivity index (χ1) is 9.00. The molecule has 2 aromatic rings. The Morgan fingerprint density at radius 3 is 2.53 bits per heavy atom. The summed E-state index contributed by atoms with van der Waals surface area (Å²) in [6.45, 7) is 9.26. The summed E-state index contributed by atoms with van der Waals surface area (Å²) in [6, 6.07) is 8.86. The van der Waals surface area contributed by atoms with E-state index in [0.717, 1.165) is 28.1 Å². The van der Waals surface area contributed by atoms with Gasteiger partial charge in [-0.15, -0.1) is 0 Å². The fraction of sp³-hybridized carbons (Fsp3) is 0.400. The summed E-state index contributed by atoms with van der Waals surface area (Å²) in [7, 11) is 0. The molecule has 0 radical (unpaired) electrons. The van der Waals surface area contributed by atoms with Crippen molar-refractivity contribution in [3.05, 3.63) is 45.7 Å². The van der Waals surface area contributed by atoms with Crippen LogP contribution in [0.5, 0.6) is 0 Å². The highest BCUT2D eigenvalue weighted by atomic mass is 79.9. The molecule has 102 valence electrons. The molecule has 0 fully saturated rings. The van der Waals surface area contributed by atoms with Crippen molar-refractivity contribution >= 4 is 15.9 Å². The van der Waals surface area contributed by atoms with Crippen LogP contribution in [0.15, 0.2) is 28.7 Å². The van der Waals surface area contributed by atoms with Crippen LogP contribution in [0.25, 0.3) is 5.69 Å². The molecule has 0 aliphatic heterocycles. The highest BCUT2D eigenvalue weighted by molar-refractivity contribution is 9.10. The molecule has 4 heteroatoms. The number of nitrogens with one attached hydrogen (secondary N) is 1. The number of benzene rings is 1. The molecular formula is C15H20BrN3. The molecule has 0 amide bonds. The van der Waals surface area contributed by atoms with E-state index in [-0.39, 0.29) is 0 Å². The Morgan fingerprint density at radius 1 is 1.26 bits per heavy atom. The van der Waals surface area contributed by atoms with Gasteiger partial charge in [-0.2, -0.15) is 5.10 Å². The van der Waals surface area contributed by atoms with E-state index in [0.29, 0.717) is 6.04 Å². The molecular weight excluding hydrogens is 302 g/mol. The van der Waals surface area contributed by atoms with Crippen molar-refractivity contribution in [3.63, 3.8) is 0 Å². The second-order valence-corrected chi connectivity index (χ2v) is 5.85. The number of hydrogen-bond donors (Lipinski definition) is 1. The molecule has 0 aliphatic carbocycles. The fourth-order valence-electron chi connectivity index (χ4n) is 2.04. The van der Waals surface area contributed by atoms with Gasteiger partial charge in [0.15, 0.2) is 0 Å². The number of hydrogen-bond acceptors (Lipinski definition) is 2. The molecule has 0 aliphatic rings. The topological polar surface area (TPSA) is 29.9 Å². The molecule has 0 atom stereocenters. The van der Waals surface area contributed by atoms with Gasteiger partial charge in [0.1, 0.15) is 0 Å². The first-order valence-corrected chi connectivity index (χ1v) is 7.33. The summed E-state index contributed by atoms with van der Waals surface area (Å²) in [5.74, 6) is 0. The zero-order valence-electron chi connectivity index (χ0n) is 11.9. The van der Waals surface area contributed by atoms with Crippen LogP contribution in [0, 0.1) is 13.8 Å². The fourth-order valence-corrected chi connectivity index (χ4v) is 2.29. The third-order valence-electron chi connectivity index (χ3n) is 3.12. The molecule has 1 aromatic heterocycles. The average Bonchev–Trinajstić information content (AvgIpc) is 2.64. The Labute approximate surface area is 123 Å². The predicted molar refractivity (Wildman–Crippen MR) is 82.7 cm³/mol. The van der Waals surface area contributed by atoms with E-state index in [9.17, 15) is 0 Å². The van der Waals surface area contributed by atoms with E-state index in [4.69, 9.17) is 0 Å². The number of nitrogens with zero attached hydrogens (tertiary/aromatic N) is 2. The number of rotatable bonds is 4. The quantitative estimate of drug-likeness (QED) is 0.929. The predicted octanol–water partition coefficient (Wildman–Crippen LogP) is 3.75. The van der Waals surface area contributed by atoms with E-state index in [2.05, 4.69) is 71.4 Å². The molecule has 0 spiro atoms. The number of halogens is 1. The number of para-hydroxylation sites is 1. The summed E-state index contributed by atoms with van der Waals surface area (Å²) >= 11 is 3.59. The van der Waals surface area contributed by atoms with E-state index in [1.807, 2.05) is 11.6 Å². The van der Waals surface area contributed by atoms with Gasteiger partial charge < -0.3 is 5.32 Å². The van der Waals surface area contributed by atoms with Crippen molar-refractivity contribution in [2.24, 2.45) is 0 Å². The number of aryl methyl sites for hydroxylation is 1. The van der Waals surface area contributed by atoms with E-state index >= 15 is 0 Å². The maximum atomic E-state index is 4.61. The molecule has 2 rings (SSSR count). The van der Waals surface area contributed by atoms with Crippen molar-refractivity contribution in [1.29, 1.82) is 0 Å². The molecule has 0 bridgehead atoms. The molecule has 0 unspecified atom stereocenters. The second kappa shape index (κ2) is 5.88. The van der Waals surface area contributed by atoms with Gasteiger partial charge in [0.05, 0.1) is 21.5 Å². The zero-order chi connectivity index (χ0) is 14.0. The van der Waals surface area contributed by atoms with Crippen LogP contribution in [0.2, 0.25) is 0 Å². The van der Waals surface area contributed by atoms with E-state index in [1.165, 1.54) is 5.56 Å². The summed E-state index contributed by atoms with van der Waals surface area (Å²) in [4.78, 5) is 0. The maximum absolute atomic E-state index is 4.61. The molecule has 1 N–H and O–H groups in total. The lowest BCUT2D eigenvalue weighted by Gasteiger charge is -2.13. The van der Waals surface area contributed by atoms with Gasteiger partial charge in [-0.25, -0.2) is 4.68 Å². The number of aromatic nitrogens is 2. The van der Waals surface area contributed by atoms with Crippen LogP contribution in [-0.4, -0.2) is 15.8 Å². The molecule has 1 heterocycles. The molecule has 3 nitrogen and oxygen atoms in total. The van der Waals surface area contributed by atoms with Crippen LogP contribution in [0.3, 0.4) is 0 Å². The van der Waals surface area contributed by atoms with Crippen molar-refractivity contribution < 1.29 is 0 Å². The Balaban J connectivity index is 2.41. The van der Waals surface area contributed by atoms with Gasteiger partial charge in [-0.1, -0.05) is 32.0 Å². The molecule has 0 saturated heterocycles. The minimum Gasteiger partial charge on any atom is -0.310 e. The van der Waals surface area contributed by atoms with Crippen molar-refractivity contribution in [1.82, 2.24) is 15.1 Å². The van der Waals surface area contributed by atoms with Crippen molar-refractivity contribution in [2.75, 3.05) is 0 Å². The lowest BCUT2D eigenvalue weighted by Crippen LogP contribution is -2.22. The normalized spacial score (nSPS) is 11.3. The summed E-state index contributed by atoms with van der Waals surface area (Å²) in [6.07, 6.45) is 0. The SMILES string of the molecule is Cc1nn(-c2ccccc2CNC(C)C)c(C)c1Br. The van der Waals surface area contributed by atoms with E-state index in [1.54, 1.807) is 0 Å². The van der Waals surface area contributed by atoms with Crippen LogP contribution >= 0.6 is 15.9 Å². The van der Waals surface area contributed by atoms with Gasteiger partial charge >= 0.3 is 0 Å². The highest BCUT2D eigenvalue weighted by Crippen LogP contribution is 2.24. The van der Waals surface area contributed by atoms with Gasteiger partial charge in [0.25, 0.3) is 0 Å². The molecule has 0 saturated carbocycles. The van der Waals surface area contributed by atoms with E-state index < -0.39 is 0 Å². The average molecular weight is 322 g/mol. The second-order valence-electron chi connectivity index (χ2n) is 5.06. The van der Waals surface area contributed by atoms with Crippen LogP contribution in [0.4, 0.5) is 0 Å². The molecule has 19 heavy (non-hydrogen) atoms. The largest absolute Gasteiger partial charge is 0.310 e. The van der Waals surface area contributed by atoms with Crippen molar-refractivity contribution in [3.8, 4) is 5.69 Å². The lowest BCUT2D eigenvalue weighted by atomic mass is 10.1. The monoisotopic (exact) mass is 321 g/mol. The first-order valence-electron chi connectivity index (χ1n) is 6.54. The minimum absolute atomic E-state index is 0.472. The minimum atomic E-state index is 0.472. The van der Waals surface area contributed by atoms with Gasteiger partial charge in [-0.05, 0) is 41.4 Å². The third-order valence-corrected chi connectivity index (χ3v) is 4.27. The van der Waals surface area contributed by atoms with Crippen LogP contribution in [-0.2, 0) is 6.54 Å². The van der Waals surface area contributed by atoms with Crippen LogP contribution < -0.4 is 5.32 Å². The Bertz CT molecular complexity index is 573. The Hall–Kier alpha value is -1.13. The summed E-state index contributed by atoms with van der Waals surface area (Å²) in [5.41, 5.74) is 4.55. The van der Waals surface area contributed by atoms with Gasteiger partial charge in [-0.3, -0.25) is 0 Å². The smallest absolute Gasteiger partial charge is 0.0743 e. The van der Waals surface area contributed by atoms with Crippen LogP contribution in [0.1, 0.15) is 30.8 Å². The Morgan fingerprint density at radius 2 is 1.95 bits per heavy atom. The molecule has 1 aromatic carbocycles. The Kier molecular flexibility index (Phi) is 4.42. The van der Waals surface area contributed by atoms with Gasteiger partial charge in [0.2, 0.25) is 0 Å². The standard InChI is InChI=1S/C15H20BrN3/c1-10(2)17-9-13-7-5-6-8-14(13)19-12(4)15(16)11(3)18-19/h5-8,10,17H,9H2,1-4H3. The lowest BCUT2D eigenvalue weighted by molar-refractivity contribution is 0.586. The first kappa shape index (κ1) is 14.3. The highest BCUT2D eigenvalue weighted by Gasteiger charge is 2.12. The zero-order valence-corrected chi connectivity index (χ0v) is 13.5. The van der Waals surface area contributed by atoms with Gasteiger partial charge in [0, 0.05) is 12.6 Å². The summed E-state index contributed by atoms with van der Waals surface area (Å²) in [5, 5.41) is 8.07.